The van der Waals surface area contributed by atoms with Crippen molar-refractivity contribution in [3.05, 3.63) is 58.7 Å². The minimum absolute atomic E-state index is 0. The fourth-order valence-corrected chi connectivity index (χ4v) is 2.70. The van der Waals surface area contributed by atoms with Crippen LogP contribution in [-0.2, 0) is 6.42 Å². The molecule has 1 aliphatic rings. The molecule has 102 valence electrons. The van der Waals surface area contributed by atoms with Gasteiger partial charge >= 0.3 is 51.4 Å². The number of rotatable bonds is 2. The largest absolute Gasteiger partial charge is 1.00 e. The number of aromatic carboxylic acids is 1. The van der Waals surface area contributed by atoms with Gasteiger partial charge in [0.25, 0.3) is 0 Å². The van der Waals surface area contributed by atoms with Gasteiger partial charge < -0.3 is 14.6 Å². The quantitative estimate of drug-likeness (QED) is 0.620. The van der Waals surface area contributed by atoms with Crippen molar-refractivity contribution in [2.24, 2.45) is 0 Å². The van der Waals surface area contributed by atoms with Gasteiger partial charge in [0.05, 0.1) is 5.97 Å². The predicted molar refractivity (Wildman–Crippen MR) is 74.2 cm³/mol. The summed E-state index contributed by atoms with van der Waals surface area (Å²) < 4.78 is 5.81. The molecular formula is C17H15KO3. The minimum atomic E-state index is -1.13. The summed E-state index contributed by atoms with van der Waals surface area (Å²) in [4.78, 5) is 11.5. The monoisotopic (exact) mass is 306 g/mol. The van der Waals surface area contributed by atoms with E-state index in [1.54, 1.807) is 0 Å². The van der Waals surface area contributed by atoms with E-state index < -0.39 is 5.97 Å². The molecule has 0 amide bonds. The van der Waals surface area contributed by atoms with Crippen LogP contribution in [0, 0.1) is 0 Å². The summed E-state index contributed by atoms with van der Waals surface area (Å²) in [7, 11) is 0. The Kier molecular flexibility index (Phi) is 5.27. The molecule has 2 aromatic carbocycles. The third-order valence-corrected chi connectivity index (χ3v) is 3.69. The molecule has 3 nitrogen and oxygen atoms in total. The van der Waals surface area contributed by atoms with Gasteiger partial charge in [-0.05, 0) is 29.2 Å². The minimum Gasteiger partial charge on any atom is -0.545 e. The average Bonchev–Trinajstić information content (AvgIpc) is 2.43. The average molecular weight is 306 g/mol. The number of fused-ring (bicyclic) bond motifs is 2. The standard InChI is InChI=1S/C17H16O3.K/c1-10(2)12-7-8-15-13(16(12)17(18)19)9-11-5-3-4-6-14(11)20-15;/h3-8,10H,9H2,1-2H3,(H,18,19);/q;+1/p-1. The van der Waals surface area contributed by atoms with Crippen molar-refractivity contribution in [3.8, 4) is 11.5 Å². The zero-order valence-electron chi connectivity index (χ0n) is 12.5. The van der Waals surface area contributed by atoms with Crippen LogP contribution in [0.15, 0.2) is 36.4 Å². The third kappa shape index (κ3) is 3.10. The molecule has 21 heavy (non-hydrogen) atoms. The molecule has 0 fully saturated rings. The molecule has 0 spiro atoms. The van der Waals surface area contributed by atoms with Crippen LogP contribution in [0.25, 0.3) is 0 Å². The first kappa shape index (κ1) is 16.7. The summed E-state index contributed by atoms with van der Waals surface area (Å²) in [6.45, 7) is 3.96. The van der Waals surface area contributed by atoms with Gasteiger partial charge in [-0.3, -0.25) is 0 Å². The Bertz CT molecular complexity index is 692. The van der Waals surface area contributed by atoms with E-state index in [0.29, 0.717) is 12.2 Å². The van der Waals surface area contributed by atoms with Crippen LogP contribution < -0.4 is 61.2 Å². The second-order valence-corrected chi connectivity index (χ2v) is 5.34. The number of ether oxygens (including phenoxy) is 1. The first-order valence-corrected chi connectivity index (χ1v) is 6.71. The molecule has 0 N–H and O–H groups in total. The van der Waals surface area contributed by atoms with Crippen molar-refractivity contribution >= 4 is 5.97 Å². The van der Waals surface area contributed by atoms with Crippen LogP contribution in [-0.4, -0.2) is 5.97 Å². The van der Waals surface area contributed by atoms with Crippen LogP contribution in [0.2, 0.25) is 0 Å². The van der Waals surface area contributed by atoms with Crippen molar-refractivity contribution in [2.75, 3.05) is 0 Å². The van der Waals surface area contributed by atoms with Gasteiger partial charge in [-0.15, -0.1) is 0 Å². The van der Waals surface area contributed by atoms with Crippen LogP contribution in [0.3, 0.4) is 0 Å². The Balaban J connectivity index is 0.00000161. The van der Waals surface area contributed by atoms with Gasteiger partial charge in [0.2, 0.25) is 0 Å². The number of benzene rings is 2. The smallest absolute Gasteiger partial charge is 0.545 e. The van der Waals surface area contributed by atoms with Crippen molar-refractivity contribution < 1.29 is 66.0 Å². The molecule has 0 saturated heterocycles. The topological polar surface area (TPSA) is 49.4 Å². The number of carboxylic acids is 1. The second kappa shape index (κ2) is 6.63. The molecule has 1 aliphatic heterocycles. The molecule has 0 saturated carbocycles. The molecule has 1 heterocycles. The summed E-state index contributed by atoms with van der Waals surface area (Å²) in [5, 5.41) is 11.5. The van der Waals surface area contributed by atoms with Crippen molar-refractivity contribution in [2.45, 2.75) is 26.2 Å². The predicted octanol–water partition coefficient (Wildman–Crippen LogP) is -0.126. The first-order valence-electron chi connectivity index (χ1n) is 6.71. The van der Waals surface area contributed by atoms with Gasteiger partial charge in [-0.25, -0.2) is 0 Å². The number of carbonyl (C=O) groups is 1. The van der Waals surface area contributed by atoms with E-state index >= 15 is 0 Å². The van der Waals surface area contributed by atoms with E-state index in [1.165, 1.54) is 0 Å². The fraction of sp³-hybridized carbons (Fsp3) is 0.235. The van der Waals surface area contributed by atoms with E-state index in [9.17, 15) is 9.90 Å². The Morgan fingerprint density at radius 1 is 1.14 bits per heavy atom. The molecular weight excluding hydrogens is 291 g/mol. The van der Waals surface area contributed by atoms with Crippen LogP contribution in [0.4, 0.5) is 0 Å². The molecule has 2 aromatic rings. The molecule has 0 aliphatic carbocycles. The third-order valence-electron chi connectivity index (χ3n) is 3.69. The maximum absolute atomic E-state index is 11.5. The van der Waals surface area contributed by atoms with E-state index in [2.05, 4.69) is 0 Å². The number of carbonyl (C=O) groups excluding carboxylic acids is 1. The molecule has 4 heteroatoms. The molecule has 0 unspecified atom stereocenters. The van der Waals surface area contributed by atoms with Gasteiger partial charge in [0, 0.05) is 17.5 Å². The summed E-state index contributed by atoms with van der Waals surface area (Å²) in [6, 6.07) is 11.4. The zero-order valence-corrected chi connectivity index (χ0v) is 15.6. The first-order chi connectivity index (χ1) is 9.58. The van der Waals surface area contributed by atoms with Crippen LogP contribution in [0.5, 0.6) is 11.5 Å². The van der Waals surface area contributed by atoms with Gasteiger partial charge in [0.1, 0.15) is 11.5 Å². The summed E-state index contributed by atoms with van der Waals surface area (Å²) in [5.41, 5.74) is 2.80. The SMILES string of the molecule is CC(C)c1ccc2c(c1C(=O)[O-])Cc1ccccc1O2.[K+]. The number of hydrogen-bond acceptors (Lipinski definition) is 3. The molecule has 3 rings (SSSR count). The molecule has 0 bridgehead atoms. The van der Waals surface area contributed by atoms with Crippen molar-refractivity contribution in [3.63, 3.8) is 0 Å². The number of carboxylic acid groups (broad SMARTS) is 1. The van der Waals surface area contributed by atoms with Crippen molar-refractivity contribution in [1.82, 2.24) is 0 Å². The van der Waals surface area contributed by atoms with Crippen LogP contribution >= 0.6 is 0 Å². The van der Waals surface area contributed by atoms with Gasteiger partial charge in [0.15, 0.2) is 0 Å². The molecule has 0 radical (unpaired) electrons. The van der Waals surface area contributed by atoms with Gasteiger partial charge in [-0.2, -0.15) is 0 Å². The Morgan fingerprint density at radius 3 is 2.52 bits per heavy atom. The maximum atomic E-state index is 11.5. The van der Waals surface area contributed by atoms with Gasteiger partial charge in [-0.1, -0.05) is 38.1 Å². The van der Waals surface area contributed by atoms with E-state index in [1.807, 2.05) is 50.2 Å². The summed E-state index contributed by atoms with van der Waals surface area (Å²) in [5.74, 6) is 0.410. The van der Waals surface area contributed by atoms with E-state index in [4.69, 9.17) is 4.74 Å². The molecule has 0 atom stereocenters. The van der Waals surface area contributed by atoms with Crippen LogP contribution in [0.1, 0.15) is 46.8 Å². The number of para-hydroxylation sites is 1. The Labute approximate surface area is 166 Å². The molecule has 0 aromatic heterocycles. The number of hydrogen-bond donors (Lipinski definition) is 0. The maximum Gasteiger partial charge on any atom is 1.00 e. The normalized spacial score (nSPS) is 12.0. The second-order valence-electron chi connectivity index (χ2n) is 5.34. The van der Waals surface area contributed by atoms with E-state index in [-0.39, 0.29) is 62.9 Å². The van der Waals surface area contributed by atoms with Crippen molar-refractivity contribution in [1.29, 1.82) is 0 Å². The summed E-state index contributed by atoms with van der Waals surface area (Å²) >= 11 is 0. The Hall–Kier alpha value is -0.654. The Morgan fingerprint density at radius 2 is 1.86 bits per heavy atom. The fourth-order valence-electron chi connectivity index (χ4n) is 2.70. The zero-order chi connectivity index (χ0) is 14.3. The summed E-state index contributed by atoms with van der Waals surface area (Å²) in [6.07, 6.45) is 0.565. The van der Waals surface area contributed by atoms with E-state index in [0.717, 1.165) is 22.4 Å².